The van der Waals surface area contributed by atoms with E-state index in [9.17, 15) is 0 Å². The van der Waals surface area contributed by atoms with Gasteiger partial charge in [-0.15, -0.1) is 11.3 Å². The highest BCUT2D eigenvalue weighted by atomic mass is 32.1. The van der Waals surface area contributed by atoms with Gasteiger partial charge in [-0.05, 0) is 253 Å². The van der Waals surface area contributed by atoms with Crippen LogP contribution in [0.2, 0.25) is 0 Å². The van der Waals surface area contributed by atoms with E-state index in [1.54, 1.807) is 0 Å². The minimum Gasteiger partial charge on any atom is -0.311 e. The van der Waals surface area contributed by atoms with Crippen molar-refractivity contribution < 1.29 is 0 Å². The van der Waals surface area contributed by atoms with Crippen LogP contribution in [-0.4, -0.2) is 23.4 Å². The maximum absolute atomic E-state index is 6.23. The lowest BCUT2D eigenvalue weighted by Gasteiger charge is -2.47. The second kappa shape index (κ2) is 21.3. The van der Waals surface area contributed by atoms with Crippen molar-refractivity contribution in [1.82, 2.24) is 9.97 Å². The van der Waals surface area contributed by atoms with Crippen LogP contribution >= 0.6 is 11.3 Å². The van der Waals surface area contributed by atoms with E-state index in [2.05, 4.69) is 312 Å². The molecule has 0 radical (unpaired) electrons. The molecule has 6 aliphatic rings. The second-order valence-electron chi connectivity index (χ2n) is 32.3. The van der Waals surface area contributed by atoms with Gasteiger partial charge < -0.3 is 9.80 Å². The molecule has 0 atom stereocenters. The lowest BCUT2D eigenvalue weighted by molar-refractivity contribution is 0.332. The third-order valence-corrected chi connectivity index (χ3v) is 24.9. The number of thiophene rings is 1. The zero-order valence-corrected chi connectivity index (χ0v) is 60.3. The number of fused-ring (bicyclic) bond motifs is 12. The van der Waals surface area contributed by atoms with Crippen molar-refractivity contribution in [1.29, 1.82) is 0 Å². The monoisotopic (exact) mass is 1290 g/mol. The van der Waals surface area contributed by atoms with Crippen molar-refractivity contribution >= 4 is 135 Å². The second-order valence-corrected chi connectivity index (χ2v) is 33.4. The first-order chi connectivity index (χ1) is 46.9. The first-order valence-electron chi connectivity index (χ1n) is 35.6. The van der Waals surface area contributed by atoms with Gasteiger partial charge in [-0.2, -0.15) is 0 Å². The van der Waals surface area contributed by atoms with Crippen LogP contribution < -0.4 is 51.7 Å². The summed E-state index contributed by atoms with van der Waals surface area (Å²) in [6, 6.07) is 73.2. The molecule has 3 aromatic heterocycles. The van der Waals surface area contributed by atoms with Crippen LogP contribution in [-0.2, 0) is 21.7 Å². The summed E-state index contributed by atoms with van der Waals surface area (Å²) in [6.45, 7) is 35.0. The van der Waals surface area contributed by atoms with Crippen molar-refractivity contribution in [3.05, 3.63) is 249 Å². The Morgan fingerprint density at radius 3 is 1.32 bits per heavy atom. The van der Waals surface area contributed by atoms with Gasteiger partial charge in [0.1, 0.15) is 11.6 Å². The summed E-state index contributed by atoms with van der Waals surface area (Å²) in [4.78, 5) is 22.8. The largest absolute Gasteiger partial charge is 0.311 e. The Bertz CT molecular complexity index is 5380. The van der Waals surface area contributed by atoms with E-state index in [4.69, 9.17) is 9.97 Å². The highest BCUT2D eigenvalue weighted by Crippen LogP contribution is 2.55. The number of anilines is 12. The number of hydrogen-bond acceptors (Lipinski definition) is 7. The molecule has 98 heavy (non-hydrogen) atoms. The predicted octanol–water partition coefficient (Wildman–Crippen LogP) is 20.0. The van der Waals surface area contributed by atoms with E-state index >= 15 is 0 Å². The normalized spacial score (nSPS) is 16.8. The van der Waals surface area contributed by atoms with Crippen LogP contribution in [0.3, 0.4) is 0 Å². The predicted molar refractivity (Wildman–Crippen MR) is 420 cm³/mol. The Morgan fingerprint density at radius 2 is 0.796 bits per heavy atom. The van der Waals surface area contributed by atoms with E-state index in [-0.39, 0.29) is 35.1 Å². The number of para-hydroxylation sites is 3. The SMILES string of the molecule is Cc1cc(C)c(-c2cc3c4c(n2)N(c2ccc5c(c2)C(C)(C)CCC5(C)C)c2ccccc2B4c2cc4c(cc2N3c2ccccc2)N(c2ccccc2)c2cc(-c3c(C)cc(C)cc3C)nc3c2B4c2sc4ccc(C)cc4c2N3c2ccc3c(c2)C(C)(C)CCC3(C)C)c(C)c1. The third-order valence-electron chi connectivity index (χ3n) is 23.7. The van der Waals surface area contributed by atoms with Crippen LogP contribution in [0, 0.1) is 48.5 Å². The number of aromatic nitrogens is 2. The molecule has 9 heteroatoms. The Balaban J connectivity index is 0.973. The summed E-state index contributed by atoms with van der Waals surface area (Å²) < 4.78 is 2.61. The number of hydrogen-bond donors (Lipinski definition) is 0. The molecular weight excluding hydrogens is 1210 g/mol. The topological polar surface area (TPSA) is 38.7 Å². The molecule has 7 heterocycles. The van der Waals surface area contributed by atoms with E-state index in [0.717, 1.165) is 99.9 Å². The van der Waals surface area contributed by atoms with Gasteiger partial charge in [-0.25, -0.2) is 9.97 Å². The maximum Gasteiger partial charge on any atom is 0.266 e. The molecule has 0 fully saturated rings. The number of rotatable bonds is 6. The summed E-state index contributed by atoms with van der Waals surface area (Å²) in [5.74, 6) is 1.96. The molecule has 6 nitrogen and oxygen atoms in total. The highest BCUT2D eigenvalue weighted by Gasteiger charge is 2.51. The highest BCUT2D eigenvalue weighted by molar-refractivity contribution is 7.33. The van der Waals surface area contributed by atoms with Crippen LogP contribution in [0.4, 0.5) is 68.5 Å². The fourth-order valence-electron chi connectivity index (χ4n) is 18.8. The molecule has 12 aromatic rings. The summed E-state index contributed by atoms with van der Waals surface area (Å²) in [7, 11) is 0. The Kier molecular flexibility index (Phi) is 13.2. The molecule has 0 bridgehead atoms. The lowest BCUT2D eigenvalue weighted by Crippen LogP contribution is -2.65. The zero-order chi connectivity index (χ0) is 67.5. The molecular formula is C89H84B2N6S. The molecule has 0 unspecified atom stereocenters. The number of pyridine rings is 2. The van der Waals surface area contributed by atoms with Gasteiger partial charge in [-0.3, -0.25) is 9.80 Å². The molecule has 0 saturated heterocycles. The van der Waals surface area contributed by atoms with Crippen LogP contribution in [0.5, 0.6) is 0 Å². The molecule has 0 saturated carbocycles. The van der Waals surface area contributed by atoms with Crippen molar-refractivity contribution in [3.63, 3.8) is 0 Å². The minimum atomic E-state index is -0.200. The van der Waals surface area contributed by atoms with E-state index in [0.29, 0.717) is 0 Å². The molecule has 4 aliphatic heterocycles. The standard InChI is InChI=1S/C89H84B2N6S/c1-51-30-35-77-62(44-51)82-83(98-77)91-69-47-68-73(50-74(69)95(59-26-20-17-21-27-59)76-49-71(79-56(6)42-53(3)43-57(79)7)93-85(81(76)91)97(82)61-32-34-64-66(46-61)89(14,15)39-37-87(64,10)11)94(58-24-18-16-19-25-58)75-48-70(78-54(4)40-52(2)41-55(78)5)92-84-80(75)90(68)67-28-22-23-29-72(67)96(84)60-31-33-63-65(45-60)88(12,13)38-36-86(63,8)9/h16-35,40-50H,36-39H2,1-15H3. The summed E-state index contributed by atoms with van der Waals surface area (Å²) in [5, 5.41) is 1.26. The van der Waals surface area contributed by atoms with E-state index in [1.165, 1.54) is 120 Å². The zero-order valence-electron chi connectivity index (χ0n) is 59.5. The molecule has 18 rings (SSSR count). The van der Waals surface area contributed by atoms with Gasteiger partial charge in [0.2, 0.25) is 0 Å². The lowest BCUT2D eigenvalue weighted by atomic mass is 9.31. The van der Waals surface area contributed by atoms with E-state index < -0.39 is 0 Å². The van der Waals surface area contributed by atoms with Gasteiger partial charge in [0.05, 0.1) is 17.1 Å². The van der Waals surface area contributed by atoms with E-state index in [1.807, 2.05) is 11.3 Å². The molecule has 0 N–H and O–H groups in total. The number of nitrogens with zero attached hydrogens (tertiary/aromatic N) is 6. The van der Waals surface area contributed by atoms with Gasteiger partial charge in [0.15, 0.2) is 0 Å². The molecule has 2 aliphatic carbocycles. The Hall–Kier alpha value is -9.43. The summed E-state index contributed by atoms with van der Waals surface area (Å²) in [5.41, 5.74) is 36.5. The van der Waals surface area contributed by atoms with Crippen LogP contribution in [0.15, 0.2) is 188 Å². The average molecular weight is 1290 g/mol. The first kappa shape index (κ1) is 60.9. The van der Waals surface area contributed by atoms with Crippen molar-refractivity contribution in [2.45, 2.75) is 151 Å². The molecule has 0 amide bonds. The van der Waals surface area contributed by atoms with Gasteiger partial charge >= 0.3 is 0 Å². The molecule has 0 spiro atoms. The summed E-state index contributed by atoms with van der Waals surface area (Å²) >= 11 is 1.97. The average Bonchev–Trinajstić information content (AvgIpc) is 0.918. The van der Waals surface area contributed by atoms with Gasteiger partial charge in [0, 0.05) is 77.2 Å². The number of benzene rings is 9. The number of aryl methyl sites for hydroxylation is 7. The van der Waals surface area contributed by atoms with Crippen molar-refractivity contribution in [2.75, 3.05) is 19.6 Å². The third kappa shape index (κ3) is 8.92. The Morgan fingerprint density at radius 1 is 0.347 bits per heavy atom. The molecule has 482 valence electrons. The minimum absolute atomic E-state index is 0.00859. The quantitative estimate of drug-likeness (QED) is 0.155. The summed E-state index contributed by atoms with van der Waals surface area (Å²) in [6.07, 6.45) is 4.55. The van der Waals surface area contributed by atoms with Gasteiger partial charge in [-0.1, -0.05) is 175 Å². The first-order valence-corrected chi connectivity index (χ1v) is 36.4. The Labute approximate surface area is 584 Å². The fourth-order valence-corrected chi connectivity index (χ4v) is 20.1. The fraction of sp³-hybridized carbons (Fsp3) is 0.258. The van der Waals surface area contributed by atoms with Crippen LogP contribution in [0.1, 0.15) is 142 Å². The van der Waals surface area contributed by atoms with Crippen LogP contribution in [0.25, 0.3) is 32.6 Å². The van der Waals surface area contributed by atoms with Gasteiger partial charge in [0.25, 0.3) is 13.4 Å². The molecule has 9 aromatic carbocycles. The van der Waals surface area contributed by atoms with Crippen molar-refractivity contribution in [2.24, 2.45) is 0 Å². The maximum atomic E-state index is 6.23. The van der Waals surface area contributed by atoms with Crippen molar-refractivity contribution in [3.8, 4) is 22.5 Å². The smallest absolute Gasteiger partial charge is 0.266 e.